The SMILES string of the molecule is CC(C)(C)S(=O)NC1c2ccccc2CC12CCC(c1cnc(Sc3ccnc(Cl)c3Cl)cn1)CC2. The number of nitrogens with one attached hydrogen (secondary N) is 1. The summed E-state index contributed by atoms with van der Waals surface area (Å²) in [5.74, 6) is 0.374. The number of rotatable bonds is 5. The molecule has 0 amide bonds. The Bertz CT molecular complexity index is 1270. The minimum atomic E-state index is -1.13. The van der Waals surface area contributed by atoms with Crippen molar-refractivity contribution in [1.29, 1.82) is 0 Å². The predicted molar refractivity (Wildman–Crippen MR) is 148 cm³/mol. The summed E-state index contributed by atoms with van der Waals surface area (Å²) in [6.45, 7) is 6.08. The monoisotopic (exact) mass is 560 g/mol. The van der Waals surface area contributed by atoms with Crippen molar-refractivity contribution >= 4 is 45.9 Å². The molecule has 9 heteroatoms. The highest BCUT2D eigenvalue weighted by atomic mass is 35.5. The summed E-state index contributed by atoms with van der Waals surface area (Å²) in [6, 6.07) is 10.6. The van der Waals surface area contributed by atoms with Crippen molar-refractivity contribution in [1.82, 2.24) is 19.7 Å². The molecule has 0 saturated heterocycles. The Balaban J connectivity index is 1.29. The first-order valence-electron chi connectivity index (χ1n) is 12.2. The number of halogens is 2. The van der Waals surface area contributed by atoms with Crippen LogP contribution in [0.1, 0.15) is 75.2 Å². The van der Waals surface area contributed by atoms with Gasteiger partial charge in [-0.1, -0.05) is 59.2 Å². The lowest BCUT2D eigenvalue weighted by molar-refractivity contribution is 0.140. The van der Waals surface area contributed by atoms with Gasteiger partial charge >= 0.3 is 0 Å². The largest absolute Gasteiger partial charge is 0.257 e. The van der Waals surface area contributed by atoms with E-state index in [9.17, 15) is 4.21 Å². The molecule has 2 heterocycles. The Labute approximate surface area is 229 Å². The Kier molecular flexibility index (Phi) is 7.50. The van der Waals surface area contributed by atoms with Gasteiger partial charge in [0.05, 0.1) is 44.9 Å². The number of hydrogen-bond donors (Lipinski definition) is 1. The lowest BCUT2D eigenvalue weighted by Crippen LogP contribution is -2.43. The number of nitrogens with zero attached hydrogens (tertiary/aromatic N) is 3. The molecule has 5 nitrogen and oxygen atoms in total. The van der Waals surface area contributed by atoms with E-state index in [2.05, 4.69) is 39.0 Å². The number of benzene rings is 1. The maximum atomic E-state index is 13.1. The minimum absolute atomic E-state index is 0.0850. The van der Waals surface area contributed by atoms with E-state index >= 15 is 0 Å². The zero-order valence-electron chi connectivity index (χ0n) is 20.6. The van der Waals surface area contributed by atoms with E-state index in [1.54, 1.807) is 6.20 Å². The van der Waals surface area contributed by atoms with Crippen LogP contribution in [0.25, 0.3) is 0 Å². The molecule has 2 aliphatic carbocycles. The summed E-state index contributed by atoms with van der Waals surface area (Å²) in [5.41, 5.74) is 3.81. The summed E-state index contributed by atoms with van der Waals surface area (Å²) in [6.07, 6.45) is 10.6. The van der Waals surface area contributed by atoms with Gasteiger partial charge in [-0.2, -0.15) is 0 Å². The summed E-state index contributed by atoms with van der Waals surface area (Å²) >= 11 is 13.7. The Morgan fingerprint density at radius 1 is 1.06 bits per heavy atom. The smallest absolute Gasteiger partial charge is 0.148 e. The molecule has 2 aromatic heterocycles. The van der Waals surface area contributed by atoms with Crippen molar-refractivity contribution in [3.63, 3.8) is 0 Å². The molecule has 2 aliphatic rings. The fourth-order valence-corrected chi connectivity index (χ4v) is 7.53. The van der Waals surface area contributed by atoms with Gasteiger partial charge in [0.1, 0.15) is 10.2 Å². The molecule has 1 spiro atoms. The molecule has 0 bridgehead atoms. The Morgan fingerprint density at radius 3 is 2.50 bits per heavy atom. The predicted octanol–water partition coefficient (Wildman–Crippen LogP) is 7.32. The van der Waals surface area contributed by atoms with Crippen LogP contribution in [0.5, 0.6) is 0 Å². The lowest BCUT2D eigenvalue weighted by atomic mass is 9.66. The summed E-state index contributed by atoms with van der Waals surface area (Å²) < 4.78 is 16.3. The first-order valence-corrected chi connectivity index (χ1v) is 14.9. The van der Waals surface area contributed by atoms with E-state index in [-0.39, 0.29) is 21.4 Å². The van der Waals surface area contributed by atoms with Crippen LogP contribution >= 0.6 is 35.0 Å². The molecule has 1 N–H and O–H groups in total. The van der Waals surface area contributed by atoms with Gasteiger partial charge in [-0.25, -0.2) is 18.9 Å². The number of hydrogen-bond acceptors (Lipinski definition) is 5. The highest BCUT2D eigenvalue weighted by Crippen LogP contribution is 2.56. The van der Waals surface area contributed by atoms with Crippen LogP contribution in [-0.4, -0.2) is 23.9 Å². The van der Waals surface area contributed by atoms with Crippen molar-refractivity contribution in [2.24, 2.45) is 5.41 Å². The van der Waals surface area contributed by atoms with Gasteiger partial charge in [0.25, 0.3) is 0 Å². The standard InChI is InChI=1S/C27H30Cl2N4OS2/c1-26(2,3)36(34)33-24-19-7-5-4-6-18(19)14-27(24)11-8-17(9-12-27)20-15-32-22(16-31-20)35-21-10-13-30-25(29)23(21)28/h4-7,10,13,15-17,24,33H,8-9,11-12,14H2,1-3H3. The molecular formula is C27H30Cl2N4OS2. The van der Waals surface area contributed by atoms with Gasteiger partial charge < -0.3 is 0 Å². The second kappa shape index (κ2) is 10.3. The molecule has 1 saturated carbocycles. The zero-order valence-corrected chi connectivity index (χ0v) is 23.8. The summed E-state index contributed by atoms with van der Waals surface area (Å²) in [5, 5.41) is 1.49. The molecule has 190 valence electrons. The maximum Gasteiger partial charge on any atom is 0.148 e. The van der Waals surface area contributed by atoms with Crippen LogP contribution in [0.4, 0.5) is 0 Å². The van der Waals surface area contributed by atoms with Crippen LogP contribution in [0.15, 0.2) is 58.8 Å². The van der Waals surface area contributed by atoms with E-state index in [4.69, 9.17) is 28.2 Å². The lowest BCUT2D eigenvalue weighted by Gasteiger charge is -2.42. The molecule has 1 fully saturated rings. The molecule has 3 aromatic rings. The molecule has 0 radical (unpaired) electrons. The molecule has 5 rings (SSSR count). The Hall–Kier alpha value is -1.51. The quantitative estimate of drug-likeness (QED) is 0.331. The van der Waals surface area contributed by atoms with Gasteiger partial charge in [-0.3, -0.25) is 4.98 Å². The molecule has 1 aromatic carbocycles. The van der Waals surface area contributed by atoms with E-state index in [0.29, 0.717) is 10.9 Å². The second-order valence-corrected chi connectivity index (χ2v) is 14.5. The van der Waals surface area contributed by atoms with Gasteiger partial charge in [0.15, 0.2) is 0 Å². The minimum Gasteiger partial charge on any atom is -0.257 e. The van der Waals surface area contributed by atoms with E-state index in [1.807, 2.05) is 39.2 Å². The fraction of sp³-hybridized carbons (Fsp3) is 0.444. The molecule has 2 atom stereocenters. The molecular weight excluding hydrogens is 531 g/mol. The van der Waals surface area contributed by atoms with Crippen molar-refractivity contribution in [2.45, 2.75) is 79.5 Å². The highest BCUT2D eigenvalue weighted by Gasteiger charge is 2.49. The second-order valence-electron chi connectivity index (χ2n) is 10.7. The van der Waals surface area contributed by atoms with Crippen LogP contribution in [0.2, 0.25) is 10.2 Å². The highest BCUT2D eigenvalue weighted by molar-refractivity contribution is 7.99. The zero-order chi connectivity index (χ0) is 25.5. The fourth-order valence-electron chi connectivity index (χ4n) is 5.40. The third kappa shape index (κ3) is 5.23. The number of pyridine rings is 1. The third-order valence-electron chi connectivity index (χ3n) is 7.38. The van der Waals surface area contributed by atoms with Crippen LogP contribution in [0.3, 0.4) is 0 Å². The molecule has 0 aliphatic heterocycles. The number of aromatic nitrogens is 3. The van der Waals surface area contributed by atoms with Crippen molar-refractivity contribution in [3.05, 3.63) is 75.9 Å². The normalized spacial score (nSPS) is 24.6. The van der Waals surface area contributed by atoms with Gasteiger partial charge in [-0.05, 0) is 75.5 Å². The average molecular weight is 562 g/mol. The first-order chi connectivity index (χ1) is 17.2. The first kappa shape index (κ1) is 26.1. The van der Waals surface area contributed by atoms with E-state index < -0.39 is 11.0 Å². The van der Waals surface area contributed by atoms with Gasteiger partial charge in [0.2, 0.25) is 0 Å². The van der Waals surface area contributed by atoms with Crippen LogP contribution in [0, 0.1) is 5.41 Å². The number of fused-ring (bicyclic) bond motifs is 1. The average Bonchev–Trinajstić information content (AvgIpc) is 3.15. The molecule has 36 heavy (non-hydrogen) atoms. The third-order valence-corrected chi connectivity index (χ3v) is 10.8. The molecule has 2 unspecified atom stereocenters. The van der Waals surface area contributed by atoms with Crippen molar-refractivity contribution < 1.29 is 4.21 Å². The summed E-state index contributed by atoms with van der Waals surface area (Å²) in [4.78, 5) is 14.2. The van der Waals surface area contributed by atoms with Crippen LogP contribution < -0.4 is 4.72 Å². The Morgan fingerprint density at radius 2 is 1.81 bits per heavy atom. The van der Waals surface area contributed by atoms with Crippen molar-refractivity contribution in [3.8, 4) is 0 Å². The van der Waals surface area contributed by atoms with Crippen molar-refractivity contribution in [2.75, 3.05) is 0 Å². The summed E-state index contributed by atoms with van der Waals surface area (Å²) in [7, 11) is -1.13. The topological polar surface area (TPSA) is 67.8 Å². The van der Waals surface area contributed by atoms with Crippen LogP contribution in [-0.2, 0) is 17.4 Å². The van der Waals surface area contributed by atoms with E-state index in [1.165, 1.54) is 22.9 Å². The van der Waals surface area contributed by atoms with E-state index in [0.717, 1.165) is 47.7 Å². The van der Waals surface area contributed by atoms with Gasteiger partial charge in [-0.15, -0.1) is 0 Å². The maximum absolute atomic E-state index is 13.1. The van der Waals surface area contributed by atoms with Gasteiger partial charge in [0, 0.05) is 17.0 Å².